The maximum atomic E-state index is 12.9. The molecule has 0 aromatic carbocycles. The fourth-order valence-electron chi connectivity index (χ4n) is 3.25. The van der Waals surface area contributed by atoms with E-state index in [1.54, 1.807) is 14.0 Å². The Kier molecular flexibility index (Phi) is 5.98. The lowest BCUT2D eigenvalue weighted by Gasteiger charge is -2.31. The molecule has 0 saturated carbocycles. The summed E-state index contributed by atoms with van der Waals surface area (Å²) in [6, 6.07) is 0. The number of sulfonamides is 1. The maximum Gasteiger partial charge on any atom is 0.306 e. The molecule has 0 unspecified atom stereocenters. The first-order valence-corrected chi connectivity index (χ1v) is 10.6. The first-order valence-electron chi connectivity index (χ1n) is 9.13. The summed E-state index contributed by atoms with van der Waals surface area (Å²) in [5.74, 6) is -0.697. The summed E-state index contributed by atoms with van der Waals surface area (Å²) < 4.78 is 30.1. The van der Waals surface area contributed by atoms with Gasteiger partial charge in [-0.2, -0.15) is 14.5 Å². The molecule has 1 atom stereocenters. The van der Waals surface area contributed by atoms with Crippen LogP contribution >= 0.6 is 0 Å². The van der Waals surface area contributed by atoms with Crippen molar-refractivity contribution < 1.29 is 18.1 Å². The Bertz CT molecular complexity index is 1010. The summed E-state index contributed by atoms with van der Waals surface area (Å²) >= 11 is 0. The molecule has 1 aliphatic rings. The van der Waals surface area contributed by atoms with Gasteiger partial charge in [-0.3, -0.25) is 24.3 Å². The fraction of sp³-hybridized carbons (Fsp3) is 0.562. The molecule has 0 radical (unpaired) electrons. The van der Waals surface area contributed by atoms with Crippen LogP contribution in [0.15, 0.2) is 23.5 Å². The lowest BCUT2D eigenvalue weighted by molar-refractivity contribution is -0.385. The molecule has 2 aromatic rings. The smallest absolute Gasteiger partial charge is 0.306 e. The summed E-state index contributed by atoms with van der Waals surface area (Å²) in [6.45, 7) is 2.67. The van der Waals surface area contributed by atoms with Gasteiger partial charge in [-0.05, 0) is 19.8 Å². The number of aryl methyl sites for hydroxylation is 1. The van der Waals surface area contributed by atoms with Gasteiger partial charge < -0.3 is 5.32 Å². The molecule has 3 heterocycles. The molecule has 1 N–H and O–H groups in total. The third-order valence-electron chi connectivity index (χ3n) is 5.03. The predicted molar refractivity (Wildman–Crippen MR) is 101 cm³/mol. The van der Waals surface area contributed by atoms with E-state index in [1.165, 1.54) is 26.1 Å². The van der Waals surface area contributed by atoms with Crippen LogP contribution in [0.5, 0.6) is 0 Å². The molecule has 1 fully saturated rings. The van der Waals surface area contributed by atoms with Gasteiger partial charge in [0.05, 0.1) is 29.3 Å². The van der Waals surface area contributed by atoms with E-state index in [2.05, 4.69) is 15.5 Å². The highest BCUT2D eigenvalue weighted by Crippen LogP contribution is 2.25. The molecule has 13 heteroatoms. The van der Waals surface area contributed by atoms with Crippen LogP contribution in [-0.4, -0.2) is 62.7 Å². The molecule has 3 rings (SSSR count). The summed E-state index contributed by atoms with van der Waals surface area (Å²) in [7, 11) is -2.04. The van der Waals surface area contributed by atoms with Crippen molar-refractivity contribution in [3.63, 3.8) is 0 Å². The molecule has 1 aliphatic heterocycles. The minimum absolute atomic E-state index is 0.107. The normalized spacial score (nSPS) is 17.9. The Morgan fingerprint density at radius 3 is 2.76 bits per heavy atom. The van der Waals surface area contributed by atoms with Gasteiger partial charge in [-0.25, -0.2) is 8.42 Å². The van der Waals surface area contributed by atoms with E-state index in [4.69, 9.17) is 0 Å². The molecule has 158 valence electrons. The van der Waals surface area contributed by atoms with Crippen molar-refractivity contribution in [1.29, 1.82) is 0 Å². The number of carbonyl (C=O) groups excluding carboxylic acids is 1. The van der Waals surface area contributed by atoms with Gasteiger partial charge in [-0.15, -0.1) is 0 Å². The van der Waals surface area contributed by atoms with E-state index in [9.17, 15) is 23.3 Å². The topological polar surface area (TPSA) is 145 Å². The van der Waals surface area contributed by atoms with Crippen LogP contribution in [-0.2, 0) is 28.4 Å². The number of aromatic nitrogens is 4. The monoisotopic (exact) mass is 425 g/mol. The SMILES string of the molecule is Cc1c(S(=O)(=O)N2CCC[C@H](C(=O)NCCn3cc([N+](=O)[O-])cn3)C2)cnn1C. The molecule has 12 nitrogen and oxygen atoms in total. The van der Waals surface area contributed by atoms with Gasteiger partial charge in [0.2, 0.25) is 15.9 Å². The van der Waals surface area contributed by atoms with Crippen LogP contribution in [0.25, 0.3) is 0 Å². The number of nitrogens with one attached hydrogen (secondary N) is 1. The zero-order chi connectivity index (χ0) is 21.2. The number of nitro groups is 1. The zero-order valence-electron chi connectivity index (χ0n) is 16.2. The lowest BCUT2D eigenvalue weighted by atomic mass is 9.99. The molecular formula is C16H23N7O5S. The van der Waals surface area contributed by atoms with Crippen molar-refractivity contribution in [2.45, 2.75) is 31.2 Å². The summed E-state index contributed by atoms with van der Waals surface area (Å²) in [5.41, 5.74) is 0.431. The fourth-order valence-corrected chi connectivity index (χ4v) is 4.96. The predicted octanol–water partition coefficient (Wildman–Crippen LogP) is 0.0503. The quantitative estimate of drug-likeness (QED) is 0.487. The zero-order valence-corrected chi connectivity index (χ0v) is 17.0. The van der Waals surface area contributed by atoms with Crippen LogP contribution in [0, 0.1) is 23.0 Å². The Labute approximate surface area is 167 Å². The third-order valence-corrected chi connectivity index (χ3v) is 7.00. The molecule has 1 amide bonds. The number of rotatable bonds is 7. The summed E-state index contributed by atoms with van der Waals surface area (Å²) in [5, 5.41) is 21.3. The van der Waals surface area contributed by atoms with Gasteiger partial charge in [-0.1, -0.05) is 0 Å². The maximum absolute atomic E-state index is 12.9. The molecule has 2 aromatic heterocycles. The second-order valence-corrected chi connectivity index (χ2v) is 8.84. The van der Waals surface area contributed by atoms with Crippen molar-refractivity contribution in [1.82, 2.24) is 29.2 Å². The van der Waals surface area contributed by atoms with Crippen molar-refractivity contribution in [3.05, 3.63) is 34.4 Å². The lowest BCUT2D eigenvalue weighted by Crippen LogP contribution is -2.45. The second kappa shape index (κ2) is 8.29. The Hall–Kier alpha value is -2.80. The highest BCUT2D eigenvalue weighted by molar-refractivity contribution is 7.89. The number of carbonyl (C=O) groups is 1. The number of nitrogens with zero attached hydrogens (tertiary/aromatic N) is 6. The average Bonchev–Trinajstić information content (AvgIpc) is 3.29. The standard InChI is InChI=1S/C16H23N7O5S/c1-12-15(9-18-20(12)2)29(27,28)22-6-3-4-13(10-22)16(24)17-5-7-21-11-14(8-19-21)23(25)26/h8-9,11,13H,3-7,10H2,1-2H3,(H,17,24)/t13-/m0/s1. The van der Waals surface area contributed by atoms with Crippen LogP contribution in [0.3, 0.4) is 0 Å². The molecule has 0 bridgehead atoms. The van der Waals surface area contributed by atoms with Crippen molar-refractivity contribution in [2.24, 2.45) is 13.0 Å². The number of piperidine rings is 1. The number of hydrogen-bond acceptors (Lipinski definition) is 7. The van der Waals surface area contributed by atoms with E-state index in [1.807, 2.05) is 0 Å². The molecule has 0 spiro atoms. The molecule has 1 saturated heterocycles. The van der Waals surface area contributed by atoms with Crippen molar-refractivity contribution in [2.75, 3.05) is 19.6 Å². The minimum atomic E-state index is -3.72. The van der Waals surface area contributed by atoms with Crippen LogP contribution < -0.4 is 5.32 Å². The molecular weight excluding hydrogens is 402 g/mol. The third kappa shape index (κ3) is 4.45. The van der Waals surface area contributed by atoms with E-state index < -0.39 is 20.9 Å². The van der Waals surface area contributed by atoms with Crippen molar-refractivity contribution >= 4 is 21.6 Å². The van der Waals surface area contributed by atoms with Gasteiger partial charge >= 0.3 is 5.69 Å². The van der Waals surface area contributed by atoms with Gasteiger partial charge in [0, 0.05) is 26.7 Å². The van der Waals surface area contributed by atoms with Crippen molar-refractivity contribution in [3.8, 4) is 0 Å². The van der Waals surface area contributed by atoms with E-state index in [0.29, 0.717) is 25.1 Å². The second-order valence-electron chi connectivity index (χ2n) is 6.93. The summed E-state index contributed by atoms with van der Waals surface area (Å²) in [6.07, 6.45) is 4.94. The van der Waals surface area contributed by atoms with Crippen LogP contribution in [0.4, 0.5) is 5.69 Å². The summed E-state index contributed by atoms with van der Waals surface area (Å²) in [4.78, 5) is 22.8. The molecule has 29 heavy (non-hydrogen) atoms. The molecule has 0 aliphatic carbocycles. The Morgan fingerprint density at radius 1 is 1.38 bits per heavy atom. The van der Waals surface area contributed by atoms with E-state index in [-0.39, 0.29) is 36.1 Å². The Balaban J connectivity index is 1.57. The average molecular weight is 425 g/mol. The first-order chi connectivity index (χ1) is 13.7. The van der Waals surface area contributed by atoms with Crippen LogP contribution in [0.1, 0.15) is 18.5 Å². The van der Waals surface area contributed by atoms with E-state index >= 15 is 0 Å². The highest BCUT2D eigenvalue weighted by atomic mass is 32.2. The van der Waals surface area contributed by atoms with Gasteiger partial charge in [0.1, 0.15) is 17.3 Å². The number of amides is 1. The Morgan fingerprint density at radius 2 is 2.14 bits per heavy atom. The largest absolute Gasteiger partial charge is 0.354 e. The van der Waals surface area contributed by atoms with Crippen LogP contribution in [0.2, 0.25) is 0 Å². The first kappa shape index (κ1) is 20.9. The van der Waals surface area contributed by atoms with E-state index in [0.717, 1.165) is 6.20 Å². The number of hydrogen-bond donors (Lipinski definition) is 1. The van der Waals surface area contributed by atoms with Gasteiger partial charge in [0.25, 0.3) is 0 Å². The highest BCUT2D eigenvalue weighted by Gasteiger charge is 2.34. The van der Waals surface area contributed by atoms with Gasteiger partial charge in [0.15, 0.2) is 0 Å². The minimum Gasteiger partial charge on any atom is -0.354 e.